The molecule has 6 rings (SSSR count). The third-order valence-electron chi connectivity index (χ3n) is 7.59. The summed E-state index contributed by atoms with van der Waals surface area (Å²) in [6.07, 6.45) is 8.15. The lowest BCUT2D eigenvalue weighted by Crippen LogP contribution is -2.38. The van der Waals surface area contributed by atoms with E-state index in [2.05, 4.69) is 31.0 Å². The van der Waals surface area contributed by atoms with E-state index < -0.39 is 34.6 Å². The largest absolute Gasteiger partial charge is 0.481 e. The highest BCUT2D eigenvalue weighted by Gasteiger charge is 2.32. The molecular weight excluding hydrogens is 542 g/mol. The predicted octanol–water partition coefficient (Wildman–Crippen LogP) is 1.23. The topological polar surface area (TPSA) is 185 Å². The summed E-state index contributed by atoms with van der Waals surface area (Å²) in [6.45, 7) is 0.151. The fourth-order valence-corrected chi connectivity index (χ4v) is 5.39. The number of carbonyl (C=O) groups excluding carboxylic acids is 2. The summed E-state index contributed by atoms with van der Waals surface area (Å²) in [7, 11) is 1.56. The van der Waals surface area contributed by atoms with Gasteiger partial charge in [-0.15, -0.1) is 0 Å². The molecule has 4 N–H and O–H groups in total. The molecule has 2 amide bonds. The average molecular weight is 568 g/mol. The van der Waals surface area contributed by atoms with E-state index in [-0.39, 0.29) is 35.3 Å². The van der Waals surface area contributed by atoms with E-state index in [1.165, 1.54) is 10.7 Å². The summed E-state index contributed by atoms with van der Waals surface area (Å²) >= 11 is 0. The monoisotopic (exact) mass is 567 g/mol. The molecule has 2 atom stereocenters. The first-order chi connectivity index (χ1) is 20.2. The molecule has 2 aliphatic carbocycles. The van der Waals surface area contributed by atoms with Crippen LogP contribution in [0.1, 0.15) is 45.8 Å². The number of carboxylic acids is 1. The molecule has 2 aromatic heterocycles. The van der Waals surface area contributed by atoms with Gasteiger partial charge in [-0.1, -0.05) is 24.3 Å². The van der Waals surface area contributed by atoms with E-state index in [0.29, 0.717) is 24.8 Å². The normalized spacial score (nSPS) is 17.8. The van der Waals surface area contributed by atoms with Crippen LogP contribution in [0.25, 0.3) is 16.6 Å². The van der Waals surface area contributed by atoms with Crippen LogP contribution in [0, 0.1) is 5.92 Å². The van der Waals surface area contributed by atoms with E-state index in [1.807, 2.05) is 6.08 Å². The molecule has 1 saturated carbocycles. The lowest BCUT2D eigenvalue weighted by atomic mass is 9.91. The van der Waals surface area contributed by atoms with Gasteiger partial charge in [0.05, 0.1) is 17.5 Å². The number of carboxylic acid groups (broad SMARTS) is 1. The number of allylic oxidation sites excluding steroid dienone is 1. The van der Waals surface area contributed by atoms with Crippen molar-refractivity contribution in [3.05, 3.63) is 97.5 Å². The van der Waals surface area contributed by atoms with Gasteiger partial charge in [0, 0.05) is 31.2 Å². The standard InChI is InChI=1S/C29H25N7O6/c1-30-23-24(26(38)25(23)37)36-12-17-3-2-14(8-20(17)35-36)11-31-27(39)21-10-22(33-13-32-21)28(40)34-19-7-5-15-9-16(29(41)42)4-6-18(15)19/h2-3,6,8-10,12-13,16,19,30H,4-5,7,11H2,1H3,(H,31,39)(H,34,40)(H,41,42)/t16?,19-/m0/s1. The lowest BCUT2D eigenvalue weighted by molar-refractivity contribution is -0.140. The molecule has 0 bridgehead atoms. The van der Waals surface area contributed by atoms with Crippen LogP contribution < -0.4 is 26.8 Å². The van der Waals surface area contributed by atoms with Gasteiger partial charge in [-0.25, -0.2) is 14.6 Å². The number of carbonyl (C=O) groups is 3. The Morgan fingerprint density at radius 2 is 1.86 bits per heavy atom. The van der Waals surface area contributed by atoms with Crippen molar-refractivity contribution in [3.63, 3.8) is 0 Å². The van der Waals surface area contributed by atoms with Gasteiger partial charge in [-0.05, 0) is 42.0 Å². The molecule has 1 fully saturated rings. The summed E-state index contributed by atoms with van der Waals surface area (Å²) in [5.41, 5.74) is 2.46. The highest BCUT2D eigenvalue weighted by molar-refractivity contribution is 5.97. The third kappa shape index (κ3) is 4.74. The number of aliphatic carboxylic acids is 1. The van der Waals surface area contributed by atoms with E-state index in [4.69, 9.17) is 0 Å². The summed E-state index contributed by atoms with van der Waals surface area (Å²) in [5.74, 6) is -2.37. The van der Waals surface area contributed by atoms with Crippen molar-refractivity contribution < 1.29 is 19.5 Å². The maximum atomic E-state index is 13.0. The number of rotatable bonds is 8. The summed E-state index contributed by atoms with van der Waals surface area (Å²) in [5, 5.41) is 22.9. The Morgan fingerprint density at radius 3 is 2.62 bits per heavy atom. The number of amides is 2. The Hall–Kier alpha value is -5.46. The first-order valence-corrected chi connectivity index (χ1v) is 13.3. The minimum atomic E-state index is -0.866. The second-order valence-electron chi connectivity index (χ2n) is 10.2. The molecule has 2 aliphatic rings. The molecule has 212 valence electrons. The molecule has 0 saturated heterocycles. The third-order valence-corrected chi connectivity index (χ3v) is 7.59. The Labute approximate surface area is 237 Å². The predicted molar refractivity (Wildman–Crippen MR) is 151 cm³/mol. The maximum Gasteiger partial charge on any atom is 0.310 e. The Kier molecular flexibility index (Phi) is 6.69. The number of nitrogens with zero attached hydrogens (tertiary/aromatic N) is 4. The van der Waals surface area contributed by atoms with E-state index in [9.17, 15) is 29.1 Å². The number of fused-ring (bicyclic) bond motifs is 2. The van der Waals surface area contributed by atoms with Gasteiger partial charge in [0.15, 0.2) is 0 Å². The van der Waals surface area contributed by atoms with Gasteiger partial charge in [-0.3, -0.25) is 24.0 Å². The smallest absolute Gasteiger partial charge is 0.310 e. The van der Waals surface area contributed by atoms with E-state index in [1.54, 1.807) is 37.5 Å². The molecule has 1 unspecified atom stereocenters. The molecule has 0 aliphatic heterocycles. The maximum absolute atomic E-state index is 13.0. The number of anilines is 1. The minimum Gasteiger partial charge on any atom is -0.481 e. The molecule has 13 nitrogen and oxygen atoms in total. The molecule has 4 aromatic rings. The molecule has 0 spiro atoms. The van der Waals surface area contributed by atoms with Crippen molar-refractivity contribution in [2.45, 2.75) is 31.8 Å². The van der Waals surface area contributed by atoms with Gasteiger partial charge in [0.25, 0.3) is 22.7 Å². The minimum absolute atomic E-state index is 0.0217. The molecule has 0 radical (unpaired) electrons. The Bertz CT molecular complexity index is 1910. The fourth-order valence-electron chi connectivity index (χ4n) is 5.39. The Balaban J connectivity index is 1.10. The summed E-state index contributed by atoms with van der Waals surface area (Å²) < 4.78 is 1.37. The van der Waals surface area contributed by atoms with Gasteiger partial charge in [-0.2, -0.15) is 5.10 Å². The van der Waals surface area contributed by atoms with Crippen LogP contribution in [0.3, 0.4) is 0 Å². The van der Waals surface area contributed by atoms with Crippen LogP contribution in [0.5, 0.6) is 0 Å². The highest BCUT2D eigenvalue weighted by atomic mass is 16.4. The number of nitrogens with one attached hydrogen (secondary N) is 3. The van der Waals surface area contributed by atoms with Crippen molar-refractivity contribution in [1.82, 2.24) is 30.4 Å². The lowest BCUT2D eigenvalue weighted by Gasteiger charge is -2.19. The quantitative estimate of drug-likeness (QED) is 0.226. The SMILES string of the molecule is CNc1c(-n2cc3ccc(CNC(=O)c4cc(C(=O)N[C@H]5CCC6=CC(C(=O)O)CC=C65)ncn4)cc3n2)c(=O)c1=O. The van der Waals surface area contributed by atoms with Gasteiger partial charge in [0.1, 0.15) is 29.1 Å². The van der Waals surface area contributed by atoms with Crippen molar-refractivity contribution in [1.29, 1.82) is 0 Å². The zero-order valence-electron chi connectivity index (χ0n) is 22.4. The van der Waals surface area contributed by atoms with Crippen LogP contribution in [0.4, 0.5) is 5.69 Å². The fraction of sp³-hybridized carbons (Fsp3) is 0.241. The first kappa shape index (κ1) is 26.7. The average Bonchev–Trinajstić information content (AvgIpc) is 3.60. The van der Waals surface area contributed by atoms with Crippen molar-refractivity contribution >= 4 is 34.4 Å². The van der Waals surface area contributed by atoms with E-state index in [0.717, 1.165) is 28.4 Å². The number of hydrogen-bond donors (Lipinski definition) is 4. The molecule has 13 heteroatoms. The van der Waals surface area contributed by atoms with Crippen LogP contribution >= 0.6 is 0 Å². The van der Waals surface area contributed by atoms with Crippen LogP contribution in [0.15, 0.2) is 69.7 Å². The van der Waals surface area contributed by atoms with Crippen molar-refractivity contribution in [3.8, 4) is 5.69 Å². The molecular formula is C29H25N7O6. The van der Waals surface area contributed by atoms with Crippen molar-refractivity contribution in [2.24, 2.45) is 5.92 Å². The summed E-state index contributed by atoms with van der Waals surface area (Å²) in [6, 6.07) is 6.43. The zero-order chi connectivity index (χ0) is 29.5. The van der Waals surface area contributed by atoms with Gasteiger partial charge in [0.2, 0.25) is 0 Å². The first-order valence-electron chi connectivity index (χ1n) is 13.3. The van der Waals surface area contributed by atoms with Crippen LogP contribution in [-0.2, 0) is 11.3 Å². The van der Waals surface area contributed by atoms with Crippen LogP contribution in [0.2, 0.25) is 0 Å². The summed E-state index contributed by atoms with van der Waals surface area (Å²) in [4.78, 5) is 68.9. The molecule has 2 aromatic carbocycles. The molecule has 2 heterocycles. The Morgan fingerprint density at radius 1 is 1.07 bits per heavy atom. The number of hydrogen-bond acceptors (Lipinski definition) is 9. The van der Waals surface area contributed by atoms with E-state index >= 15 is 0 Å². The van der Waals surface area contributed by atoms with Gasteiger partial charge >= 0.3 is 5.97 Å². The zero-order valence-corrected chi connectivity index (χ0v) is 22.4. The second kappa shape index (κ2) is 10.5. The number of benzene rings is 1. The van der Waals surface area contributed by atoms with Gasteiger partial charge < -0.3 is 21.1 Å². The highest BCUT2D eigenvalue weighted by Crippen LogP contribution is 2.36. The second-order valence-corrected chi connectivity index (χ2v) is 10.2. The molecule has 42 heavy (non-hydrogen) atoms. The van der Waals surface area contributed by atoms with Crippen molar-refractivity contribution in [2.75, 3.05) is 12.4 Å². The number of aromatic nitrogens is 4. The van der Waals surface area contributed by atoms with Crippen LogP contribution in [-0.4, -0.2) is 55.7 Å².